The van der Waals surface area contributed by atoms with Crippen molar-refractivity contribution in [2.75, 3.05) is 18.2 Å². The molecule has 1 aliphatic rings. The van der Waals surface area contributed by atoms with E-state index in [1.54, 1.807) is 10.6 Å². The largest absolute Gasteiger partial charge is 0.485 e. The number of carbonyl (C=O) groups is 2. The van der Waals surface area contributed by atoms with Crippen molar-refractivity contribution in [3.05, 3.63) is 50.6 Å². The van der Waals surface area contributed by atoms with Crippen molar-refractivity contribution >= 4 is 51.6 Å². The Labute approximate surface area is 217 Å². The molecule has 0 saturated carbocycles. The molecule has 3 aromatic rings. The van der Waals surface area contributed by atoms with Crippen molar-refractivity contribution in [2.24, 2.45) is 13.0 Å². The van der Waals surface area contributed by atoms with Crippen LogP contribution < -0.4 is 10.1 Å². The third-order valence-electron chi connectivity index (χ3n) is 5.91. The molecule has 2 heterocycles. The van der Waals surface area contributed by atoms with Gasteiger partial charge in [0.05, 0.1) is 18.4 Å². The zero-order chi connectivity index (χ0) is 25.1. The summed E-state index contributed by atoms with van der Waals surface area (Å²) in [5.74, 6) is 1.42. The van der Waals surface area contributed by atoms with Gasteiger partial charge in [0.1, 0.15) is 17.4 Å². The van der Waals surface area contributed by atoms with Gasteiger partial charge in [0.25, 0.3) is 0 Å². The summed E-state index contributed by atoms with van der Waals surface area (Å²) in [5.41, 5.74) is 2.44. The molecule has 35 heavy (non-hydrogen) atoms. The van der Waals surface area contributed by atoms with Crippen LogP contribution in [0.15, 0.2) is 23.4 Å². The molecule has 1 aromatic carbocycles. The molecule has 0 spiro atoms. The summed E-state index contributed by atoms with van der Waals surface area (Å²) in [5, 5.41) is 13.1. The Balaban J connectivity index is 1.38. The number of aryl methyl sites for hydroxylation is 1. The van der Waals surface area contributed by atoms with E-state index < -0.39 is 5.97 Å². The van der Waals surface area contributed by atoms with Crippen LogP contribution in [0.4, 0.5) is 5.00 Å². The molecule has 2 aromatic heterocycles. The van der Waals surface area contributed by atoms with Crippen LogP contribution in [0, 0.1) is 12.8 Å². The monoisotopic (exact) mass is 534 g/mol. The smallest absolute Gasteiger partial charge is 0.341 e. The Kier molecular flexibility index (Phi) is 8.03. The van der Waals surface area contributed by atoms with Crippen LogP contribution in [0.25, 0.3) is 0 Å². The van der Waals surface area contributed by atoms with Gasteiger partial charge in [-0.1, -0.05) is 30.3 Å². The predicted octanol–water partition coefficient (Wildman–Crippen LogP) is 5.06. The molecule has 1 aliphatic carbocycles. The summed E-state index contributed by atoms with van der Waals surface area (Å²) in [6, 6.07) is 5.43. The standard InChI is InChI=1S/C24H27ClN4O4S2/c1-13-5-7-16-18(9-13)35-22(21(16)23(31)32-4)26-20(30)12-34-24-28-27-19(29(24)3)11-33-17-8-6-15(25)10-14(17)2/h6,8,10,13H,5,7,9,11-12H2,1-4H3,(H,26,30). The number of carbonyl (C=O) groups excluding carboxylic acids is 2. The number of fused-ring (bicyclic) bond motifs is 1. The molecule has 0 radical (unpaired) electrons. The molecule has 0 fully saturated rings. The van der Waals surface area contributed by atoms with Gasteiger partial charge in [-0.2, -0.15) is 0 Å². The predicted molar refractivity (Wildman–Crippen MR) is 138 cm³/mol. The number of nitrogens with one attached hydrogen (secondary N) is 1. The number of thiophene rings is 1. The van der Waals surface area contributed by atoms with Crippen LogP contribution in [0.1, 0.15) is 45.5 Å². The van der Waals surface area contributed by atoms with Crippen molar-refractivity contribution in [1.29, 1.82) is 0 Å². The fourth-order valence-electron chi connectivity index (χ4n) is 3.96. The zero-order valence-electron chi connectivity index (χ0n) is 20.0. The molecule has 4 rings (SSSR count). The average Bonchev–Trinajstić information content (AvgIpc) is 3.35. The maximum Gasteiger partial charge on any atom is 0.341 e. The number of hydrogen-bond donors (Lipinski definition) is 1. The van der Waals surface area contributed by atoms with E-state index in [0.717, 1.165) is 41.0 Å². The number of amides is 1. The lowest BCUT2D eigenvalue weighted by molar-refractivity contribution is -0.113. The number of thioether (sulfide) groups is 1. The highest BCUT2D eigenvalue weighted by atomic mass is 35.5. The molecule has 1 amide bonds. The normalized spacial score (nSPS) is 14.9. The van der Waals surface area contributed by atoms with Gasteiger partial charge in [-0.15, -0.1) is 21.5 Å². The van der Waals surface area contributed by atoms with E-state index >= 15 is 0 Å². The van der Waals surface area contributed by atoms with Crippen LogP contribution in [-0.4, -0.2) is 39.5 Å². The fraction of sp³-hybridized carbons (Fsp3) is 0.417. The number of halogens is 1. The molecule has 0 saturated heterocycles. The summed E-state index contributed by atoms with van der Waals surface area (Å²) in [4.78, 5) is 26.3. The van der Waals surface area contributed by atoms with E-state index in [9.17, 15) is 9.59 Å². The van der Waals surface area contributed by atoms with Crippen molar-refractivity contribution in [1.82, 2.24) is 14.8 Å². The second kappa shape index (κ2) is 11.0. The third-order valence-corrected chi connectivity index (χ3v) is 8.33. The first kappa shape index (κ1) is 25.5. The molecular weight excluding hydrogens is 508 g/mol. The zero-order valence-corrected chi connectivity index (χ0v) is 22.4. The quantitative estimate of drug-likeness (QED) is 0.319. The van der Waals surface area contributed by atoms with Gasteiger partial charge < -0.3 is 19.4 Å². The van der Waals surface area contributed by atoms with E-state index in [0.29, 0.717) is 32.5 Å². The Bertz CT molecular complexity index is 1260. The number of benzene rings is 1. The lowest BCUT2D eigenvalue weighted by Gasteiger charge is -2.18. The number of rotatable bonds is 8. The van der Waals surface area contributed by atoms with Crippen molar-refractivity contribution in [2.45, 2.75) is 44.9 Å². The summed E-state index contributed by atoms with van der Waals surface area (Å²) >= 11 is 8.74. The molecule has 11 heteroatoms. The molecule has 1 unspecified atom stereocenters. The molecule has 1 N–H and O–H groups in total. The summed E-state index contributed by atoms with van der Waals surface area (Å²) in [7, 11) is 3.19. The molecule has 186 valence electrons. The van der Waals surface area contributed by atoms with Gasteiger partial charge in [-0.25, -0.2) is 4.79 Å². The number of methoxy groups -OCH3 is 1. The minimum atomic E-state index is -0.408. The third kappa shape index (κ3) is 5.82. The van der Waals surface area contributed by atoms with E-state index in [4.69, 9.17) is 21.1 Å². The van der Waals surface area contributed by atoms with Gasteiger partial charge >= 0.3 is 5.97 Å². The summed E-state index contributed by atoms with van der Waals surface area (Å²) < 4.78 is 12.7. The van der Waals surface area contributed by atoms with Gasteiger partial charge in [0, 0.05) is 16.9 Å². The Morgan fingerprint density at radius 3 is 2.89 bits per heavy atom. The number of ether oxygens (including phenoxy) is 2. The van der Waals surface area contributed by atoms with E-state index in [-0.39, 0.29) is 18.3 Å². The Hall–Kier alpha value is -2.56. The first-order chi connectivity index (χ1) is 16.8. The fourth-order valence-corrected chi connectivity index (χ4v) is 6.33. The maximum absolute atomic E-state index is 12.7. The SMILES string of the molecule is COC(=O)c1c(NC(=O)CSc2nnc(COc3ccc(Cl)cc3C)n2C)sc2c1CCC(C)C2. The van der Waals surface area contributed by atoms with Crippen molar-refractivity contribution < 1.29 is 19.1 Å². The van der Waals surface area contributed by atoms with Gasteiger partial charge in [0.2, 0.25) is 5.91 Å². The topological polar surface area (TPSA) is 95.3 Å². The van der Waals surface area contributed by atoms with Crippen molar-refractivity contribution in [3.63, 3.8) is 0 Å². The van der Waals surface area contributed by atoms with Crippen LogP contribution in [-0.2, 0) is 36.0 Å². The lowest BCUT2D eigenvalue weighted by atomic mass is 9.88. The van der Waals surface area contributed by atoms with Gasteiger partial charge in [-0.3, -0.25) is 4.79 Å². The minimum absolute atomic E-state index is 0.128. The highest BCUT2D eigenvalue weighted by Crippen LogP contribution is 2.40. The first-order valence-electron chi connectivity index (χ1n) is 11.2. The second-order valence-corrected chi connectivity index (χ2v) is 11.0. The summed E-state index contributed by atoms with van der Waals surface area (Å²) in [6.45, 7) is 4.36. The number of aromatic nitrogens is 3. The van der Waals surface area contributed by atoms with E-state index in [1.165, 1.54) is 30.2 Å². The number of anilines is 1. The first-order valence-corrected chi connectivity index (χ1v) is 13.4. The Morgan fingerprint density at radius 1 is 1.34 bits per heavy atom. The molecular formula is C24H27ClN4O4S2. The molecule has 0 bridgehead atoms. The van der Waals surface area contributed by atoms with Crippen molar-refractivity contribution in [3.8, 4) is 5.75 Å². The minimum Gasteiger partial charge on any atom is -0.485 e. The number of hydrogen-bond acceptors (Lipinski definition) is 8. The highest BCUT2D eigenvalue weighted by Gasteiger charge is 2.29. The number of esters is 1. The second-order valence-electron chi connectivity index (χ2n) is 8.54. The molecule has 8 nitrogen and oxygen atoms in total. The maximum atomic E-state index is 12.7. The lowest BCUT2D eigenvalue weighted by Crippen LogP contribution is -2.17. The van der Waals surface area contributed by atoms with Crippen LogP contribution in [0.3, 0.4) is 0 Å². The molecule has 0 aliphatic heterocycles. The van der Waals surface area contributed by atoms with E-state index in [2.05, 4.69) is 22.4 Å². The summed E-state index contributed by atoms with van der Waals surface area (Å²) in [6.07, 6.45) is 2.75. The average molecular weight is 535 g/mol. The molecule has 1 atom stereocenters. The highest BCUT2D eigenvalue weighted by molar-refractivity contribution is 7.99. The Morgan fingerprint density at radius 2 is 2.14 bits per heavy atom. The van der Waals surface area contributed by atoms with E-state index in [1.807, 2.05) is 26.1 Å². The van der Waals surface area contributed by atoms with Crippen LogP contribution >= 0.6 is 34.7 Å². The number of nitrogens with zero attached hydrogens (tertiary/aromatic N) is 3. The van der Waals surface area contributed by atoms with Gasteiger partial charge in [0.15, 0.2) is 11.0 Å². The van der Waals surface area contributed by atoms with Crippen LogP contribution in [0.5, 0.6) is 5.75 Å². The van der Waals surface area contributed by atoms with Gasteiger partial charge in [-0.05, 0) is 61.4 Å². The van der Waals surface area contributed by atoms with Crippen LogP contribution in [0.2, 0.25) is 5.02 Å².